The van der Waals surface area contributed by atoms with Crippen LogP contribution >= 0.6 is 11.6 Å². The van der Waals surface area contributed by atoms with Crippen LogP contribution in [0.25, 0.3) is 11.0 Å². The Morgan fingerprint density at radius 2 is 1.89 bits per heavy atom. The molecule has 0 unspecified atom stereocenters. The van der Waals surface area contributed by atoms with Crippen LogP contribution in [0, 0.1) is 23.2 Å². The van der Waals surface area contributed by atoms with Crippen molar-refractivity contribution in [3.05, 3.63) is 69.1 Å². The number of hydrogen-bond donors (Lipinski definition) is 0. The van der Waals surface area contributed by atoms with E-state index in [-0.39, 0.29) is 17.2 Å². The summed E-state index contributed by atoms with van der Waals surface area (Å²) in [4.78, 5) is 25.3. The molecular weight excluding hydrogens is 474 g/mol. The number of pyridine rings is 2. The lowest BCUT2D eigenvalue weighted by molar-refractivity contribution is 0.131. The third kappa shape index (κ3) is 4.83. The molecule has 0 N–H and O–H groups in total. The highest BCUT2D eigenvalue weighted by molar-refractivity contribution is 6.29. The monoisotopic (exact) mass is 503 g/mol. The summed E-state index contributed by atoms with van der Waals surface area (Å²) >= 11 is 6.22. The first-order valence-corrected chi connectivity index (χ1v) is 12.9. The summed E-state index contributed by atoms with van der Waals surface area (Å²) in [5, 5.41) is 14.8. The van der Waals surface area contributed by atoms with Crippen LogP contribution in [-0.4, -0.2) is 35.0 Å². The predicted molar refractivity (Wildman–Crippen MR) is 143 cm³/mol. The number of nitriles is 1. The van der Waals surface area contributed by atoms with E-state index in [1.807, 2.05) is 25.2 Å². The van der Waals surface area contributed by atoms with E-state index in [2.05, 4.69) is 33.2 Å². The molecule has 5 rings (SSSR count). The van der Waals surface area contributed by atoms with Gasteiger partial charge in [0, 0.05) is 26.1 Å². The number of oxime groups is 1. The van der Waals surface area contributed by atoms with Crippen LogP contribution in [-0.2, 0) is 11.9 Å². The molecule has 0 saturated heterocycles. The second-order valence-corrected chi connectivity index (χ2v) is 10.3. The zero-order valence-corrected chi connectivity index (χ0v) is 21.4. The quantitative estimate of drug-likeness (QED) is 0.249. The number of halogens is 1. The molecule has 7 nitrogen and oxygen atoms in total. The minimum atomic E-state index is -0.323. The predicted octanol–water partition coefficient (Wildman–Crippen LogP) is 5.28. The Bertz CT molecular complexity index is 1380. The minimum Gasteiger partial charge on any atom is -0.395 e. The highest BCUT2D eigenvalue weighted by Crippen LogP contribution is 2.36. The highest BCUT2D eigenvalue weighted by Gasteiger charge is 2.31. The maximum atomic E-state index is 13.0. The fraction of sp³-hybridized carbons (Fsp3) is 0.429. The van der Waals surface area contributed by atoms with Crippen molar-refractivity contribution in [1.29, 1.82) is 5.26 Å². The lowest BCUT2D eigenvalue weighted by Gasteiger charge is -2.37. The summed E-state index contributed by atoms with van der Waals surface area (Å²) in [5.41, 5.74) is 3.69. The fourth-order valence-electron chi connectivity index (χ4n) is 5.20. The molecule has 0 bridgehead atoms. The number of fused-ring (bicyclic) bond motifs is 1. The van der Waals surface area contributed by atoms with E-state index in [1.165, 1.54) is 17.4 Å². The van der Waals surface area contributed by atoms with Crippen molar-refractivity contribution < 1.29 is 4.84 Å². The van der Waals surface area contributed by atoms with Crippen molar-refractivity contribution in [2.45, 2.75) is 44.6 Å². The smallest absolute Gasteiger partial charge is 0.270 e. The van der Waals surface area contributed by atoms with Crippen molar-refractivity contribution in [2.24, 2.45) is 24.0 Å². The summed E-state index contributed by atoms with van der Waals surface area (Å²) < 4.78 is 1.47. The number of aromatic nitrogens is 2. The summed E-state index contributed by atoms with van der Waals surface area (Å²) in [7, 11) is 3.61. The van der Waals surface area contributed by atoms with E-state index < -0.39 is 0 Å². The summed E-state index contributed by atoms with van der Waals surface area (Å²) in [6, 6.07) is 16.0. The molecule has 0 amide bonds. The summed E-state index contributed by atoms with van der Waals surface area (Å²) in [5.74, 6) is 0.944. The molecule has 0 atom stereocenters. The van der Waals surface area contributed by atoms with Gasteiger partial charge in [-0.3, -0.25) is 4.79 Å². The molecule has 186 valence electrons. The Morgan fingerprint density at radius 3 is 2.56 bits per heavy atom. The van der Waals surface area contributed by atoms with Gasteiger partial charge in [-0.05, 0) is 62.1 Å². The standard InChI is InChI=1S/C28H30ClN5O2/c1-33(27-22(16-30)28(35)34(2)23-14-15-24(29)31-26(23)27)21-12-10-20(11-13-21)25(19-6-4-3-5-7-19)32-36-17-18-8-9-18/h3-7,14-15,18,20-21H,8-13,17H2,1-2H3/b32-25-. The second-order valence-electron chi connectivity index (χ2n) is 9.90. The van der Waals surface area contributed by atoms with Crippen LogP contribution in [0.2, 0.25) is 5.15 Å². The van der Waals surface area contributed by atoms with Gasteiger partial charge in [-0.15, -0.1) is 0 Å². The Morgan fingerprint density at radius 1 is 1.17 bits per heavy atom. The van der Waals surface area contributed by atoms with E-state index in [9.17, 15) is 10.1 Å². The first-order chi connectivity index (χ1) is 17.5. The van der Waals surface area contributed by atoms with Gasteiger partial charge in [0.25, 0.3) is 5.56 Å². The number of rotatable bonds is 7. The van der Waals surface area contributed by atoms with Gasteiger partial charge in [0.1, 0.15) is 28.9 Å². The average Bonchev–Trinajstić information content (AvgIpc) is 3.73. The second kappa shape index (κ2) is 10.3. The molecule has 36 heavy (non-hydrogen) atoms. The number of aryl methyl sites for hydroxylation is 1. The molecule has 2 heterocycles. The molecule has 8 heteroatoms. The van der Waals surface area contributed by atoms with Crippen LogP contribution in [0.3, 0.4) is 0 Å². The van der Waals surface area contributed by atoms with Gasteiger partial charge in [0.2, 0.25) is 0 Å². The maximum Gasteiger partial charge on any atom is 0.270 e. The van der Waals surface area contributed by atoms with Gasteiger partial charge in [-0.1, -0.05) is 47.1 Å². The van der Waals surface area contributed by atoms with Gasteiger partial charge in [0.05, 0.1) is 16.9 Å². The highest BCUT2D eigenvalue weighted by atomic mass is 35.5. The maximum absolute atomic E-state index is 13.0. The van der Waals surface area contributed by atoms with E-state index in [0.29, 0.717) is 40.3 Å². The Labute approximate surface area is 215 Å². The zero-order valence-electron chi connectivity index (χ0n) is 20.7. The van der Waals surface area contributed by atoms with Crippen LogP contribution < -0.4 is 10.5 Å². The normalized spacial score (nSPS) is 20.2. The fourth-order valence-corrected chi connectivity index (χ4v) is 5.35. The third-order valence-corrected chi connectivity index (χ3v) is 7.73. The van der Waals surface area contributed by atoms with Crippen LogP contribution in [0.15, 0.2) is 52.4 Å². The lowest BCUT2D eigenvalue weighted by atomic mass is 9.80. The molecule has 2 fully saturated rings. The topological polar surface area (TPSA) is 83.5 Å². The van der Waals surface area contributed by atoms with Gasteiger partial charge in [0.15, 0.2) is 0 Å². The Kier molecular flexibility index (Phi) is 6.97. The molecule has 0 radical (unpaired) electrons. The SMILES string of the molecule is CN(c1c(C#N)c(=O)n(C)c2ccc(Cl)nc12)C1CCC(/C(=N\OCC2CC2)c2ccccc2)CC1. The summed E-state index contributed by atoms with van der Waals surface area (Å²) in [6.45, 7) is 0.691. The van der Waals surface area contributed by atoms with Crippen molar-refractivity contribution in [1.82, 2.24) is 9.55 Å². The van der Waals surface area contributed by atoms with E-state index in [1.54, 1.807) is 19.2 Å². The van der Waals surface area contributed by atoms with E-state index >= 15 is 0 Å². The van der Waals surface area contributed by atoms with E-state index in [4.69, 9.17) is 16.4 Å². The van der Waals surface area contributed by atoms with Crippen molar-refractivity contribution in [3.63, 3.8) is 0 Å². The molecule has 2 aliphatic carbocycles. The number of benzene rings is 1. The molecule has 2 aliphatic rings. The molecule has 2 saturated carbocycles. The summed E-state index contributed by atoms with van der Waals surface area (Å²) in [6.07, 6.45) is 6.14. The third-order valence-electron chi connectivity index (χ3n) is 7.52. The Hall–Kier alpha value is -3.37. The van der Waals surface area contributed by atoms with Crippen molar-refractivity contribution in [2.75, 3.05) is 18.6 Å². The lowest BCUT2D eigenvalue weighted by Crippen LogP contribution is -2.38. The molecular formula is C28H30ClN5O2. The Balaban J connectivity index is 1.40. The van der Waals surface area contributed by atoms with Gasteiger partial charge >= 0.3 is 0 Å². The molecule has 0 spiro atoms. The number of nitrogens with zero attached hydrogens (tertiary/aromatic N) is 5. The van der Waals surface area contributed by atoms with Crippen LogP contribution in [0.1, 0.15) is 49.7 Å². The first kappa shape index (κ1) is 24.3. The molecule has 0 aliphatic heterocycles. The average molecular weight is 504 g/mol. The van der Waals surface area contributed by atoms with Crippen molar-refractivity contribution in [3.8, 4) is 6.07 Å². The largest absolute Gasteiger partial charge is 0.395 e. The minimum absolute atomic E-state index is 0.101. The van der Waals surface area contributed by atoms with Crippen LogP contribution in [0.5, 0.6) is 0 Å². The van der Waals surface area contributed by atoms with Gasteiger partial charge in [-0.2, -0.15) is 5.26 Å². The zero-order chi connectivity index (χ0) is 25.2. The molecule has 2 aromatic heterocycles. The first-order valence-electron chi connectivity index (χ1n) is 12.6. The number of anilines is 1. The molecule has 1 aromatic carbocycles. The van der Waals surface area contributed by atoms with Gasteiger partial charge in [-0.25, -0.2) is 4.98 Å². The molecule has 3 aromatic rings. The van der Waals surface area contributed by atoms with E-state index in [0.717, 1.165) is 37.0 Å². The van der Waals surface area contributed by atoms with Crippen LogP contribution in [0.4, 0.5) is 5.69 Å². The van der Waals surface area contributed by atoms with Gasteiger partial charge < -0.3 is 14.3 Å². The number of hydrogen-bond acceptors (Lipinski definition) is 6. The van der Waals surface area contributed by atoms with Crippen molar-refractivity contribution >= 4 is 34.0 Å².